The van der Waals surface area contributed by atoms with Gasteiger partial charge in [-0.1, -0.05) is 6.92 Å². The van der Waals surface area contributed by atoms with Gasteiger partial charge < -0.3 is 9.84 Å². The van der Waals surface area contributed by atoms with Gasteiger partial charge in [0.2, 0.25) is 0 Å². The molecule has 18 heavy (non-hydrogen) atoms. The third-order valence-corrected chi connectivity index (χ3v) is 5.66. The Morgan fingerprint density at radius 1 is 1.17 bits per heavy atom. The minimum atomic E-state index is -0.986. The fourth-order valence-corrected chi connectivity index (χ4v) is 4.65. The molecule has 4 saturated carbocycles. The maximum absolute atomic E-state index is 11.4. The van der Waals surface area contributed by atoms with Crippen molar-refractivity contribution in [1.29, 1.82) is 0 Å². The summed E-state index contributed by atoms with van der Waals surface area (Å²) >= 11 is 0. The van der Waals surface area contributed by atoms with Crippen molar-refractivity contribution in [2.45, 2.75) is 64.1 Å². The Bertz CT molecular complexity index is 324. The van der Waals surface area contributed by atoms with Crippen LogP contribution in [0.15, 0.2) is 0 Å². The number of carbonyl (C=O) groups is 1. The first kappa shape index (κ1) is 12.5. The lowest BCUT2D eigenvalue weighted by molar-refractivity contribution is -0.202. The Hall–Kier alpha value is -0.570. The summed E-state index contributed by atoms with van der Waals surface area (Å²) in [7, 11) is 0. The molecule has 1 atom stereocenters. The van der Waals surface area contributed by atoms with Crippen LogP contribution in [-0.2, 0) is 9.53 Å². The maximum Gasteiger partial charge on any atom is 0.335 e. The molecule has 0 radical (unpaired) electrons. The van der Waals surface area contributed by atoms with E-state index in [0.717, 1.165) is 11.8 Å². The van der Waals surface area contributed by atoms with E-state index in [1.165, 1.54) is 32.1 Å². The molecule has 0 aromatic heterocycles. The number of carboxylic acid groups (broad SMARTS) is 1. The number of aliphatic carboxylic acids is 1. The van der Waals surface area contributed by atoms with E-state index in [4.69, 9.17) is 4.74 Å². The van der Waals surface area contributed by atoms with Crippen molar-refractivity contribution in [3.05, 3.63) is 0 Å². The van der Waals surface area contributed by atoms with Crippen molar-refractivity contribution in [2.75, 3.05) is 0 Å². The van der Waals surface area contributed by atoms with Gasteiger partial charge in [0.25, 0.3) is 0 Å². The second-order valence-electron chi connectivity index (χ2n) is 6.90. The third-order valence-electron chi connectivity index (χ3n) is 5.66. The van der Waals surface area contributed by atoms with Gasteiger partial charge in [-0.3, -0.25) is 0 Å². The summed E-state index contributed by atoms with van der Waals surface area (Å²) in [5, 5.41) is 9.36. The van der Waals surface area contributed by atoms with Crippen LogP contribution in [0.1, 0.15) is 52.4 Å². The van der Waals surface area contributed by atoms with E-state index < -0.39 is 11.6 Å². The first-order valence-electron chi connectivity index (χ1n) is 7.43. The summed E-state index contributed by atoms with van der Waals surface area (Å²) in [6.45, 7) is 3.64. The van der Waals surface area contributed by atoms with E-state index in [9.17, 15) is 9.90 Å². The zero-order chi connectivity index (χ0) is 12.9. The van der Waals surface area contributed by atoms with Gasteiger partial charge in [0.1, 0.15) is 0 Å². The molecule has 4 fully saturated rings. The number of ether oxygens (including phenoxy) is 1. The standard InChI is InChI=1S/C15H24O3/c1-3-15(2,14(16)17)18-13-11-5-9-4-10(7-11)8-12(13)6-9/h9-13H,3-8H2,1-2H3,(H,16,17). The molecule has 4 aliphatic carbocycles. The van der Waals surface area contributed by atoms with Gasteiger partial charge in [-0.2, -0.15) is 0 Å². The summed E-state index contributed by atoms with van der Waals surface area (Å²) in [5.41, 5.74) is -0.986. The SMILES string of the molecule is CCC(C)(OC1C2CC3CC(C2)CC1C3)C(=O)O. The molecule has 0 saturated heterocycles. The predicted octanol–water partition coefficient (Wildman–Crippen LogP) is 3.08. The minimum absolute atomic E-state index is 0.207. The molecular weight excluding hydrogens is 228 g/mol. The monoisotopic (exact) mass is 252 g/mol. The van der Waals surface area contributed by atoms with E-state index in [1.54, 1.807) is 6.92 Å². The normalized spacial score (nSPS) is 44.9. The van der Waals surface area contributed by atoms with Crippen molar-refractivity contribution in [3.8, 4) is 0 Å². The quantitative estimate of drug-likeness (QED) is 0.836. The molecule has 3 nitrogen and oxygen atoms in total. The van der Waals surface area contributed by atoms with Crippen LogP contribution in [0, 0.1) is 23.7 Å². The van der Waals surface area contributed by atoms with Gasteiger partial charge in [0.15, 0.2) is 5.60 Å². The zero-order valence-corrected chi connectivity index (χ0v) is 11.4. The lowest BCUT2D eigenvalue weighted by Gasteiger charge is -2.55. The van der Waals surface area contributed by atoms with Gasteiger partial charge in [-0.25, -0.2) is 4.79 Å². The third kappa shape index (κ3) is 1.87. The molecule has 1 N–H and O–H groups in total. The van der Waals surface area contributed by atoms with Crippen LogP contribution in [0.4, 0.5) is 0 Å². The molecule has 4 aliphatic rings. The largest absolute Gasteiger partial charge is 0.479 e. The van der Waals surface area contributed by atoms with E-state index in [2.05, 4.69) is 0 Å². The molecule has 1 unspecified atom stereocenters. The zero-order valence-electron chi connectivity index (χ0n) is 11.4. The average molecular weight is 252 g/mol. The summed E-state index contributed by atoms with van der Waals surface area (Å²) < 4.78 is 6.13. The van der Waals surface area contributed by atoms with Gasteiger partial charge in [-0.15, -0.1) is 0 Å². The predicted molar refractivity (Wildman–Crippen MR) is 68.2 cm³/mol. The lowest BCUT2D eigenvalue weighted by Crippen LogP contribution is -2.53. The van der Waals surface area contributed by atoms with Crippen LogP contribution >= 0.6 is 0 Å². The summed E-state index contributed by atoms with van der Waals surface area (Å²) in [4.78, 5) is 11.4. The number of carboxylic acids is 1. The van der Waals surface area contributed by atoms with E-state index >= 15 is 0 Å². The lowest BCUT2D eigenvalue weighted by atomic mass is 9.55. The second-order valence-corrected chi connectivity index (χ2v) is 6.90. The fourth-order valence-electron chi connectivity index (χ4n) is 4.65. The van der Waals surface area contributed by atoms with Crippen LogP contribution in [0.2, 0.25) is 0 Å². The molecule has 0 aliphatic heterocycles. The van der Waals surface area contributed by atoms with E-state index in [0.29, 0.717) is 18.3 Å². The molecule has 4 rings (SSSR count). The molecule has 102 valence electrons. The van der Waals surface area contributed by atoms with Gasteiger partial charge >= 0.3 is 5.97 Å². The highest BCUT2D eigenvalue weighted by molar-refractivity contribution is 5.76. The molecule has 0 aromatic rings. The Morgan fingerprint density at radius 2 is 1.67 bits per heavy atom. The molecule has 4 bridgehead atoms. The van der Waals surface area contributed by atoms with Gasteiger partial charge in [0.05, 0.1) is 6.10 Å². The highest BCUT2D eigenvalue weighted by Crippen LogP contribution is 2.55. The van der Waals surface area contributed by atoms with E-state index in [-0.39, 0.29) is 6.10 Å². The highest BCUT2D eigenvalue weighted by Gasteiger charge is 2.51. The molecule has 0 heterocycles. The van der Waals surface area contributed by atoms with Crippen LogP contribution in [0.3, 0.4) is 0 Å². The van der Waals surface area contributed by atoms with Crippen molar-refractivity contribution < 1.29 is 14.6 Å². The summed E-state index contributed by atoms with van der Waals surface area (Å²) in [6, 6.07) is 0. The Kier molecular flexibility index (Phi) is 2.92. The van der Waals surface area contributed by atoms with Crippen molar-refractivity contribution in [3.63, 3.8) is 0 Å². The summed E-state index contributed by atoms with van der Waals surface area (Å²) in [6.07, 6.45) is 7.27. The Balaban J connectivity index is 1.75. The maximum atomic E-state index is 11.4. The van der Waals surface area contributed by atoms with Crippen molar-refractivity contribution in [1.82, 2.24) is 0 Å². The Morgan fingerprint density at radius 3 is 2.06 bits per heavy atom. The van der Waals surface area contributed by atoms with E-state index in [1.807, 2.05) is 6.92 Å². The number of hydrogen-bond acceptors (Lipinski definition) is 2. The fraction of sp³-hybridized carbons (Fsp3) is 0.933. The van der Waals surface area contributed by atoms with Crippen LogP contribution in [0.25, 0.3) is 0 Å². The van der Waals surface area contributed by atoms with Crippen LogP contribution < -0.4 is 0 Å². The molecule has 0 amide bonds. The topological polar surface area (TPSA) is 46.5 Å². The van der Waals surface area contributed by atoms with Crippen LogP contribution in [0.5, 0.6) is 0 Å². The Labute approximate surface area is 109 Å². The number of hydrogen-bond donors (Lipinski definition) is 1. The van der Waals surface area contributed by atoms with Crippen LogP contribution in [-0.4, -0.2) is 22.8 Å². The summed E-state index contributed by atoms with van der Waals surface area (Å²) in [5.74, 6) is 2.27. The molecular formula is C15H24O3. The first-order valence-corrected chi connectivity index (χ1v) is 7.43. The van der Waals surface area contributed by atoms with Crippen molar-refractivity contribution >= 4 is 5.97 Å². The smallest absolute Gasteiger partial charge is 0.335 e. The van der Waals surface area contributed by atoms with Gasteiger partial charge in [0, 0.05) is 0 Å². The average Bonchev–Trinajstić information content (AvgIpc) is 2.32. The first-order chi connectivity index (χ1) is 8.51. The van der Waals surface area contributed by atoms with Gasteiger partial charge in [-0.05, 0) is 69.1 Å². The second kappa shape index (κ2) is 4.22. The molecule has 0 spiro atoms. The minimum Gasteiger partial charge on any atom is -0.479 e. The molecule has 3 heteroatoms. The van der Waals surface area contributed by atoms with Crippen molar-refractivity contribution in [2.24, 2.45) is 23.7 Å². The molecule has 0 aromatic carbocycles. The number of rotatable bonds is 4. The highest BCUT2D eigenvalue weighted by atomic mass is 16.5.